The average Bonchev–Trinajstić information content (AvgIpc) is 3.10. The summed E-state index contributed by atoms with van der Waals surface area (Å²) in [5, 5.41) is 6.64. The molecular formula is C19H19N3O4. The molecule has 1 aromatic heterocycles. The summed E-state index contributed by atoms with van der Waals surface area (Å²) in [7, 11) is 1.62. The fourth-order valence-corrected chi connectivity index (χ4v) is 2.28. The Bertz CT molecular complexity index is 857. The molecule has 1 N–H and O–H groups in total. The van der Waals surface area contributed by atoms with Gasteiger partial charge < -0.3 is 19.3 Å². The predicted molar refractivity (Wildman–Crippen MR) is 94.0 cm³/mol. The highest BCUT2D eigenvalue weighted by molar-refractivity contribution is 5.94. The van der Waals surface area contributed by atoms with Crippen molar-refractivity contribution in [1.82, 2.24) is 15.5 Å². The van der Waals surface area contributed by atoms with Crippen molar-refractivity contribution in [2.24, 2.45) is 0 Å². The van der Waals surface area contributed by atoms with Gasteiger partial charge in [-0.2, -0.15) is 4.98 Å². The number of ether oxygens (including phenoxy) is 2. The van der Waals surface area contributed by atoms with Crippen molar-refractivity contribution in [3.05, 3.63) is 71.4 Å². The Hall–Kier alpha value is -3.35. The molecule has 26 heavy (non-hydrogen) atoms. The highest BCUT2D eigenvalue weighted by Gasteiger charge is 2.07. The Morgan fingerprint density at radius 2 is 1.77 bits per heavy atom. The molecule has 2 aromatic carbocycles. The van der Waals surface area contributed by atoms with Crippen LogP contribution in [0.1, 0.15) is 27.6 Å². The number of hydrogen-bond donors (Lipinski definition) is 1. The lowest BCUT2D eigenvalue weighted by atomic mass is 10.2. The average molecular weight is 353 g/mol. The molecule has 3 rings (SSSR count). The number of aryl methyl sites for hydroxylation is 1. The Kier molecular flexibility index (Phi) is 5.48. The van der Waals surface area contributed by atoms with Crippen LogP contribution in [-0.4, -0.2) is 23.2 Å². The van der Waals surface area contributed by atoms with Gasteiger partial charge in [-0.1, -0.05) is 17.3 Å². The van der Waals surface area contributed by atoms with Crippen LogP contribution in [0.25, 0.3) is 0 Å². The molecule has 3 aromatic rings. The molecular weight excluding hydrogens is 334 g/mol. The third-order valence-corrected chi connectivity index (χ3v) is 3.67. The Morgan fingerprint density at radius 3 is 2.38 bits per heavy atom. The maximum Gasteiger partial charge on any atom is 0.251 e. The van der Waals surface area contributed by atoms with E-state index in [-0.39, 0.29) is 12.5 Å². The Labute approximate surface area is 150 Å². The normalized spacial score (nSPS) is 10.4. The first-order valence-corrected chi connectivity index (χ1v) is 8.07. The van der Waals surface area contributed by atoms with E-state index in [1.54, 1.807) is 38.3 Å². The topological polar surface area (TPSA) is 86.5 Å². The van der Waals surface area contributed by atoms with Gasteiger partial charge in [0.25, 0.3) is 5.91 Å². The molecule has 7 nitrogen and oxygen atoms in total. The number of rotatable bonds is 7. The van der Waals surface area contributed by atoms with Crippen molar-refractivity contribution in [2.75, 3.05) is 7.11 Å². The second kappa shape index (κ2) is 8.15. The maximum atomic E-state index is 12.2. The molecule has 0 saturated heterocycles. The van der Waals surface area contributed by atoms with E-state index in [9.17, 15) is 4.79 Å². The highest BCUT2D eigenvalue weighted by atomic mass is 16.5. The summed E-state index contributed by atoms with van der Waals surface area (Å²) in [4.78, 5) is 16.3. The Morgan fingerprint density at radius 1 is 1.08 bits per heavy atom. The fraction of sp³-hybridized carbons (Fsp3) is 0.211. The van der Waals surface area contributed by atoms with Crippen molar-refractivity contribution >= 4 is 5.91 Å². The van der Waals surface area contributed by atoms with E-state index >= 15 is 0 Å². The summed E-state index contributed by atoms with van der Waals surface area (Å²) < 4.78 is 15.6. The van der Waals surface area contributed by atoms with Gasteiger partial charge in [0, 0.05) is 19.0 Å². The number of carbonyl (C=O) groups excluding carboxylic acids is 1. The lowest BCUT2D eigenvalue weighted by Gasteiger charge is -2.08. The SMILES string of the molecule is COc1ccc(CNC(=O)c2ccc(OCc3noc(C)n3)cc2)cc1. The summed E-state index contributed by atoms with van der Waals surface area (Å²) in [6.07, 6.45) is 0. The van der Waals surface area contributed by atoms with Gasteiger partial charge >= 0.3 is 0 Å². The molecule has 0 aliphatic heterocycles. The Balaban J connectivity index is 1.51. The van der Waals surface area contributed by atoms with Crippen LogP contribution in [0.3, 0.4) is 0 Å². The lowest BCUT2D eigenvalue weighted by Crippen LogP contribution is -2.22. The summed E-state index contributed by atoms with van der Waals surface area (Å²) in [6.45, 7) is 2.37. The van der Waals surface area contributed by atoms with Crippen LogP contribution in [0.4, 0.5) is 0 Å². The molecule has 0 aliphatic rings. The summed E-state index contributed by atoms with van der Waals surface area (Å²) >= 11 is 0. The molecule has 0 unspecified atom stereocenters. The van der Waals surface area contributed by atoms with Crippen molar-refractivity contribution in [3.63, 3.8) is 0 Å². The van der Waals surface area contributed by atoms with Gasteiger partial charge in [0.15, 0.2) is 6.61 Å². The minimum atomic E-state index is -0.152. The molecule has 0 atom stereocenters. The molecule has 0 saturated carbocycles. The first-order valence-electron chi connectivity index (χ1n) is 8.07. The van der Waals surface area contributed by atoms with E-state index in [1.165, 1.54) is 0 Å². The quantitative estimate of drug-likeness (QED) is 0.703. The maximum absolute atomic E-state index is 12.2. The van der Waals surface area contributed by atoms with E-state index in [2.05, 4.69) is 15.5 Å². The van der Waals surface area contributed by atoms with Gasteiger partial charge in [0.2, 0.25) is 11.7 Å². The van der Waals surface area contributed by atoms with Gasteiger partial charge in [-0.3, -0.25) is 4.79 Å². The first kappa shape index (κ1) is 17.5. The van der Waals surface area contributed by atoms with Gasteiger partial charge in [-0.25, -0.2) is 0 Å². The van der Waals surface area contributed by atoms with Crippen molar-refractivity contribution in [3.8, 4) is 11.5 Å². The van der Waals surface area contributed by atoms with E-state index in [0.717, 1.165) is 11.3 Å². The molecule has 0 bridgehead atoms. The van der Waals surface area contributed by atoms with Crippen molar-refractivity contribution in [2.45, 2.75) is 20.1 Å². The van der Waals surface area contributed by atoms with Crippen LogP contribution in [0, 0.1) is 6.92 Å². The number of aromatic nitrogens is 2. The van der Waals surface area contributed by atoms with Gasteiger partial charge in [0.1, 0.15) is 11.5 Å². The number of carbonyl (C=O) groups is 1. The predicted octanol–water partition coefficient (Wildman–Crippen LogP) is 2.90. The van der Waals surface area contributed by atoms with Crippen LogP contribution in [0.5, 0.6) is 11.5 Å². The number of methoxy groups -OCH3 is 1. The number of nitrogens with zero attached hydrogens (tertiary/aromatic N) is 2. The summed E-state index contributed by atoms with van der Waals surface area (Å²) in [5.41, 5.74) is 1.55. The smallest absolute Gasteiger partial charge is 0.251 e. The number of hydrogen-bond acceptors (Lipinski definition) is 6. The second-order valence-corrected chi connectivity index (χ2v) is 5.57. The molecule has 0 aliphatic carbocycles. The monoisotopic (exact) mass is 353 g/mol. The van der Waals surface area contributed by atoms with E-state index < -0.39 is 0 Å². The summed E-state index contributed by atoms with van der Waals surface area (Å²) in [6, 6.07) is 14.4. The van der Waals surface area contributed by atoms with Gasteiger partial charge in [0.05, 0.1) is 7.11 Å². The number of nitrogens with one attached hydrogen (secondary N) is 1. The first-order chi connectivity index (χ1) is 12.6. The largest absolute Gasteiger partial charge is 0.497 e. The zero-order valence-corrected chi connectivity index (χ0v) is 14.6. The fourth-order valence-electron chi connectivity index (χ4n) is 2.28. The van der Waals surface area contributed by atoms with E-state index in [0.29, 0.717) is 29.6 Å². The summed E-state index contributed by atoms with van der Waals surface area (Å²) in [5.74, 6) is 2.23. The molecule has 1 heterocycles. The molecule has 7 heteroatoms. The molecule has 0 radical (unpaired) electrons. The minimum absolute atomic E-state index is 0.152. The van der Waals surface area contributed by atoms with Gasteiger partial charge in [-0.15, -0.1) is 0 Å². The van der Waals surface area contributed by atoms with Crippen LogP contribution >= 0.6 is 0 Å². The van der Waals surface area contributed by atoms with E-state index in [4.69, 9.17) is 14.0 Å². The molecule has 0 fully saturated rings. The van der Waals surface area contributed by atoms with Crippen LogP contribution < -0.4 is 14.8 Å². The number of amides is 1. The van der Waals surface area contributed by atoms with Crippen LogP contribution in [0.15, 0.2) is 53.1 Å². The zero-order valence-electron chi connectivity index (χ0n) is 14.6. The standard InChI is InChI=1S/C19H19N3O4/c1-13-21-18(22-26-13)12-25-17-9-5-15(6-10-17)19(23)20-11-14-3-7-16(24-2)8-4-14/h3-10H,11-12H2,1-2H3,(H,20,23). The third-order valence-electron chi connectivity index (χ3n) is 3.67. The van der Waals surface area contributed by atoms with Crippen molar-refractivity contribution in [1.29, 1.82) is 0 Å². The number of benzene rings is 2. The molecule has 134 valence electrons. The lowest BCUT2D eigenvalue weighted by molar-refractivity contribution is 0.0951. The van der Waals surface area contributed by atoms with Crippen LogP contribution in [-0.2, 0) is 13.2 Å². The van der Waals surface area contributed by atoms with Crippen molar-refractivity contribution < 1.29 is 18.8 Å². The molecule has 1 amide bonds. The van der Waals surface area contributed by atoms with E-state index in [1.807, 2.05) is 24.3 Å². The van der Waals surface area contributed by atoms with Gasteiger partial charge in [-0.05, 0) is 42.0 Å². The highest BCUT2D eigenvalue weighted by Crippen LogP contribution is 2.14. The molecule has 0 spiro atoms. The third kappa shape index (κ3) is 4.60. The van der Waals surface area contributed by atoms with Crippen LogP contribution in [0.2, 0.25) is 0 Å². The minimum Gasteiger partial charge on any atom is -0.497 e. The zero-order chi connectivity index (χ0) is 18.4. The second-order valence-electron chi connectivity index (χ2n) is 5.57.